The molecule has 1 unspecified atom stereocenters. The Bertz CT molecular complexity index is 417. The second-order valence-electron chi connectivity index (χ2n) is 3.36. The Morgan fingerprint density at radius 3 is 2.44 bits per heavy atom. The average Bonchev–Trinajstić information content (AvgIpc) is 2.15. The molecule has 0 bridgehead atoms. The van der Waals surface area contributed by atoms with E-state index in [2.05, 4.69) is 0 Å². The number of carbonyl (C=O) groups excluding carboxylic acids is 1. The summed E-state index contributed by atoms with van der Waals surface area (Å²) in [6, 6.07) is 3.31. The van der Waals surface area contributed by atoms with Crippen LogP contribution in [0.4, 0.5) is 13.2 Å². The number of hydrogen-bond donors (Lipinski definition) is 1. The van der Waals surface area contributed by atoms with Crippen molar-refractivity contribution in [3.05, 3.63) is 34.3 Å². The van der Waals surface area contributed by atoms with Crippen LogP contribution in [0.5, 0.6) is 0 Å². The van der Waals surface area contributed by atoms with E-state index in [1.54, 1.807) is 0 Å². The number of benzene rings is 1. The summed E-state index contributed by atoms with van der Waals surface area (Å²) in [5, 5.41) is -0.395. The molecule has 1 aromatic rings. The Kier molecular flexibility index (Phi) is 3.48. The molecular weight excluding hydrogens is 243 g/mol. The summed E-state index contributed by atoms with van der Waals surface area (Å²) in [6.45, 7) is 1.44. The quantitative estimate of drug-likeness (QED) is 0.863. The van der Waals surface area contributed by atoms with Gasteiger partial charge in [0.25, 0.3) is 0 Å². The van der Waals surface area contributed by atoms with Gasteiger partial charge in [-0.25, -0.2) is 0 Å². The summed E-state index contributed by atoms with van der Waals surface area (Å²) in [6.07, 6.45) is -4.54. The van der Waals surface area contributed by atoms with Crippen molar-refractivity contribution in [2.24, 2.45) is 5.73 Å². The van der Waals surface area contributed by atoms with Crippen molar-refractivity contribution in [3.8, 4) is 0 Å². The second-order valence-corrected chi connectivity index (χ2v) is 3.77. The van der Waals surface area contributed by atoms with Crippen LogP contribution in [-0.4, -0.2) is 5.91 Å². The SMILES string of the molecule is CC(C(N)=O)c1ccc(Cl)c(C(F)(F)F)c1. The van der Waals surface area contributed by atoms with Crippen molar-refractivity contribution >= 4 is 17.5 Å². The van der Waals surface area contributed by atoms with Crippen LogP contribution in [-0.2, 0) is 11.0 Å². The molecule has 0 saturated carbocycles. The fourth-order valence-corrected chi connectivity index (χ4v) is 1.42. The smallest absolute Gasteiger partial charge is 0.369 e. The molecule has 0 aromatic heterocycles. The zero-order valence-corrected chi connectivity index (χ0v) is 9.06. The maximum absolute atomic E-state index is 12.5. The van der Waals surface area contributed by atoms with Crippen molar-refractivity contribution in [1.29, 1.82) is 0 Å². The van der Waals surface area contributed by atoms with Gasteiger partial charge in [0.1, 0.15) is 0 Å². The number of rotatable bonds is 2. The summed E-state index contributed by atoms with van der Waals surface area (Å²) in [5.41, 5.74) is 4.25. The standard InChI is InChI=1S/C10H9ClF3NO/c1-5(9(15)16)6-2-3-8(11)7(4-6)10(12,13)14/h2-5H,1H3,(H2,15,16). The van der Waals surface area contributed by atoms with Crippen LogP contribution in [0, 0.1) is 0 Å². The molecular formula is C10H9ClF3NO. The fraction of sp³-hybridized carbons (Fsp3) is 0.300. The topological polar surface area (TPSA) is 43.1 Å². The molecule has 88 valence electrons. The van der Waals surface area contributed by atoms with E-state index < -0.39 is 28.6 Å². The fourth-order valence-electron chi connectivity index (χ4n) is 1.19. The first-order valence-electron chi connectivity index (χ1n) is 4.39. The minimum Gasteiger partial charge on any atom is -0.369 e. The summed E-state index contributed by atoms with van der Waals surface area (Å²) < 4.78 is 37.5. The van der Waals surface area contributed by atoms with Crippen molar-refractivity contribution in [2.45, 2.75) is 19.0 Å². The zero-order valence-electron chi connectivity index (χ0n) is 8.31. The van der Waals surface area contributed by atoms with E-state index >= 15 is 0 Å². The van der Waals surface area contributed by atoms with Crippen LogP contribution in [0.2, 0.25) is 5.02 Å². The molecule has 0 radical (unpaired) electrons. The average molecular weight is 252 g/mol. The van der Waals surface area contributed by atoms with Gasteiger partial charge in [0.05, 0.1) is 16.5 Å². The molecule has 0 saturated heterocycles. The summed E-state index contributed by atoms with van der Waals surface area (Å²) in [7, 11) is 0. The predicted octanol–water partition coefficient (Wildman–Crippen LogP) is 2.95. The third kappa shape index (κ3) is 2.66. The highest BCUT2D eigenvalue weighted by Gasteiger charge is 2.33. The Balaban J connectivity index is 3.23. The van der Waals surface area contributed by atoms with E-state index in [9.17, 15) is 18.0 Å². The lowest BCUT2D eigenvalue weighted by atomic mass is 9.98. The van der Waals surface area contributed by atoms with Gasteiger partial charge >= 0.3 is 6.18 Å². The lowest BCUT2D eigenvalue weighted by Gasteiger charge is -2.13. The van der Waals surface area contributed by atoms with Gasteiger partial charge in [0.2, 0.25) is 5.91 Å². The van der Waals surface area contributed by atoms with Crippen molar-refractivity contribution in [3.63, 3.8) is 0 Å². The van der Waals surface area contributed by atoms with Crippen LogP contribution < -0.4 is 5.73 Å². The Morgan fingerprint density at radius 2 is 2.00 bits per heavy atom. The van der Waals surface area contributed by atoms with Crippen LogP contribution in [0.25, 0.3) is 0 Å². The summed E-state index contributed by atoms with van der Waals surface area (Å²) in [4.78, 5) is 10.9. The monoisotopic (exact) mass is 251 g/mol. The number of hydrogen-bond acceptors (Lipinski definition) is 1. The van der Waals surface area contributed by atoms with Crippen LogP contribution in [0.3, 0.4) is 0 Å². The predicted molar refractivity (Wildman–Crippen MR) is 54.1 cm³/mol. The maximum Gasteiger partial charge on any atom is 0.417 e. The molecule has 1 amide bonds. The lowest BCUT2D eigenvalue weighted by molar-refractivity contribution is -0.137. The lowest BCUT2D eigenvalue weighted by Crippen LogP contribution is -2.19. The molecule has 2 N–H and O–H groups in total. The number of nitrogens with two attached hydrogens (primary N) is 1. The number of primary amides is 1. The Hall–Kier alpha value is -1.23. The van der Waals surface area contributed by atoms with Crippen molar-refractivity contribution < 1.29 is 18.0 Å². The molecule has 16 heavy (non-hydrogen) atoms. The van der Waals surface area contributed by atoms with E-state index in [0.717, 1.165) is 12.1 Å². The molecule has 0 aliphatic carbocycles. The van der Waals surface area contributed by atoms with E-state index in [1.807, 2.05) is 0 Å². The first-order chi connectivity index (χ1) is 7.23. The molecule has 1 aromatic carbocycles. The van der Waals surface area contributed by atoms with Gasteiger partial charge in [-0.1, -0.05) is 17.7 Å². The zero-order chi connectivity index (χ0) is 12.5. The second kappa shape index (κ2) is 4.33. The van der Waals surface area contributed by atoms with E-state index in [0.29, 0.717) is 0 Å². The number of halogens is 4. The van der Waals surface area contributed by atoms with Gasteiger partial charge in [-0.2, -0.15) is 13.2 Å². The highest BCUT2D eigenvalue weighted by molar-refractivity contribution is 6.31. The molecule has 0 spiro atoms. The summed E-state index contributed by atoms with van der Waals surface area (Å²) >= 11 is 5.43. The normalized spacial score (nSPS) is 13.6. The maximum atomic E-state index is 12.5. The third-order valence-electron chi connectivity index (χ3n) is 2.22. The molecule has 1 rings (SSSR count). The molecule has 0 aliphatic heterocycles. The molecule has 6 heteroatoms. The van der Waals surface area contributed by atoms with Crippen LogP contribution in [0.15, 0.2) is 18.2 Å². The van der Waals surface area contributed by atoms with Crippen molar-refractivity contribution in [1.82, 2.24) is 0 Å². The highest BCUT2D eigenvalue weighted by atomic mass is 35.5. The van der Waals surface area contributed by atoms with E-state index in [1.165, 1.54) is 13.0 Å². The number of carbonyl (C=O) groups is 1. The van der Waals surface area contributed by atoms with E-state index in [4.69, 9.17) is 17.3 Å². The van der Waals surface area contributed by atoms with Gasteiger partial charge in [0.15, 0.2) is 0 Å². The minimum atomic E-state index is -4.54. The van der Waals surface area contributed by atoms with Gasteiger partial charge < -0.3 is 5.73 Å². The third-order valence-corrected chi connectivity index (χ3v) is 2.55. The molecule has 1 atom stereocenters. The summed E-state index contributed by atoms with van der Waals surface area (Å²) in [5.74, 6) is -1.46. The molecule has 0 fully saturated rings. The van der Waals surface area contributed by atoms with Crippen LogP contribution >= 0.6 is 11.6 Å². The molecule has 0 heterocycles. The first kappa shape index (κ1) is 12.8. The van der Waals surface area contributed by atoms with Gasteiger partial charge in [-0.15, -0.1) is 0 Å². The Morgan fingerprint density at radius 1 is 1.44 bits per heavy atom. The van der Waals surface area contributed by atoms with Crippen LogP contribution in [0.1, 0.15) is 24.0 Å². The van der Waals surface area contributed by atoms with Gasteiger partial charge in [-0.3, -0.25) is 4.79 Å². The number of alkyl halides is 3. The first-order valence-corrected chi connectivity index (χ1v) is 4.77. The Labute approximate surface area is 95.2 Å². The number of amides is 1. The highest BCUT2D eigenvalue weighted by Crippen LogP contribution is 2.36. The van der Waals surface area contributed by atoms with Crippen molar-refractivity contribution in [2.75, 3.05) is 0 Å². The molecule has 2 nitrogen and oxygen atoms in total. The largest absolute Gasteiger partial charge is 0.417 e. The molecule has 0 aliphatic rings. The minimum absolute atomic E-state index is 0.198. The van der Waals surface area contributed by atoms with E-state index in [-0.39, 0.29) is 5.56 Å². The van der Waals surface area contributed by atoms with Gasteiger partial charge in [0, 0.05) is 0 Å². The van der Waals surface area contributed by atoms with Gasteiger partial charge in [-0.05, 0) is 24.6 Å².